The van der Waals surface area contributed by atoms with Crippen molar-refractivity contribution in [2.45, 2.75) is 0 Å². The summed E-state index contributed by atoms with van der Waals surface area (Å²) in [6.07, 6.45) is 1.56. The maximum absolute atomic E-state index is 13.7. The molecule has 1 heterocycles. The molecule has 2 rings (SSSR count). The average molecular weight is 306 g/mol. The molecular weight excluding hydrogens is 287 g/mol. The molecule has 0 aliphatic rings. The van der Waals surface area contributed by atoms with Crippen molar-refractivity contribution in [2.24, 2.45) is 0 Å². The van der Waals surface area contributed by atoms with Crippen LogP contribution in [0.3, 0.4) is 0 Å². The van der Waals surface area contributed by atoms with Crippen molar-refractivity contribution in [2.75, 3.05) is 33.4 Å². The van der Waals surface area contributed by atoms with Gasteiger partial charge in [-0.15, -0.1) is 0 Å². The highest BCUT2D eigenvalue weighted by molar-refractivity contribution is 5.92. The molecule has 7 heteroatoms. The van der Waals surface area contributed by atoms with Crippen LogP contribution >= 0.6 is 0 Å². The van der Waals surface area contributed by atoms with E-state index in [1.165, 1.54) is 10.7 Å². The zero-order chi connectivity index (χ0) is 15.8. The summed E-state index contributed by atoms with van der Waals surface area (Å²) in [7, 11) is 1.63. The summed E-state index contributed by atoms with van der Waals surface area (Å²) in [5.74, 6) is -0.677. The average Bonchev–Trinajstić information content (AvgIpc) is 3.01. The lowest BCUT2D eigenvalue weighted by Gasteiger charge is -2.05. The number of nitrogens with one attached hydrogen (secondary N) is 2. The number of amides is 1. The van der Waals surface area contributed by atoms with Crippen LogP contribution in [0, 0.1) is 5.82 Å². The molecule has 2 aromatic rings. The molecule has 0 saturated heterocycles. The van der Waals surface area contributed by atoms with Crippen LogP contribution < -0.4 is 10.6 Å². The molecule has 1 aromatic carbocycles. The summed E-state index contributed by atoms with van der Waals surface area (Å²) < 4.78 is 19.9. The number of methoxy groups -OCH3 is 1. The first kappa shape index (κ1) is 16.1. The summed E-state index contributed by atoms with van der Waals surface area (Å²) in [4.78, 5) is 11.9. The highest BCUT2D eigenvalue weighted by Gasteiger charge is 2.11. The molecule has 0 spiro atoms. The third kappa shape index (κ3) is 4.37. The number of carbonyl (C=O) groups excluding carboxylic acids is 1. The molecule has 0 bridgehead atoms. The SMILES string of the molecule is COCCNCCNC(=O)c1ccn(-c2ccccc2F)n1. The van der Waals surface area contributed by atoms with Crippen LogP contribution in [0.25, 0.3) is 5.69 Å². The van der Waals surface area contributed by atoms with Crippen LogP contribution in [0.4, 0.5) is 4.39 Å². The minimum Gasteiger partial charge on any atom is -0.383 e. The Hall–Kier alpha value is -2.25. The second kappa shape index (κ2) is 8.26. The number of halogens is 1. The first-order valence-corrected chi connectivity index (χ1v) is 7.01. The first-order chi connectivity index (χ1) is 10.7. The molecule has 0 unspecified atom stereocenters. The Kier molecular flexibility index (Phi) is 6.05. The van der Waals surface area contributed by atoms with Crippen molar-refractivity contribution < 1.29 is 13.9 Å². The fraction of sp³-hybridized carbons (Fsp3) is 0.333. The number of hydrogen-bond donors (Lipinski definition) is 2. The molecule has 0 aliphatic carbocycles. The minimum atomic E-state index is -0.389. The highest BCUT2D eigenvalue weighted by atomic mass is 19.1. The zero-order valence-electron chi connectivity index (χ0n) is 12.4. The Labute approximate surface area is 128 Å². The number of aromatic nitrogens is 2. The summed E-state index contributed by atoms with van der Waals surface area (Å²) in [6.45, 7) is 2.48. The van der Waals surface area contributed by atoms with Crippen LogP contribution in [-0.4, -0.2) is 49.0 Å². The fourth-order valence-electron chi connectivity index (χ4n) is 1.87. The third-order valence-corrected chi connectivity index (χ3v) is 2.99. The smallest absolute Gasteiger partial charge is 0.271 e. The number of ether oxygens (including phenoxy) is 1. The van der Waals surface area contributed by atoms with Gasteiger partial charge in [0.25, 0.3) is 5.91 Å². The molecule has 0 atom stereocenters. The van der Waals surface area contributed by atoms with Crippen LogP contribution in [0.15, 0.2) is 36.5 Å². The molecule has 118 valence electrons. The largest absolute Gasteiger partial charge is 0.383 e. The van der Waals surface area contributed by atoms with Crippen molar-refractivity contribution in [1.82, 2.24) is 20.4 Å². The van der Waals surface area contributed by atoms with Gasteiger partial charge in [-0.25, -0.2) is 9.07 Å². The van der Waals surface area contributed by atoms with Gasteiger partial charge in [0.2, 0.25) is 0 Å². The van der Waals surface area contributed by atoms with Gasteiger partial charge >= 0.3 is 0 Å². The summed E-state index contributed by atoms with van der Waals surface area (Å²) in [5, 5.41) is 9.95. The number of para-hydroxylation sites is 1. The molecule has 0 aliphatic heterocycles. The van der Waals surface area contributed by atoms with Crippen LogP contribution in [0.1, 0.15) is 10.5 Å². The predicted molar refractivity (Wildman–Crippen MR) is 80.6 cm³/mol. The normalized spacial score (nSPS) is 10.6. The van der Waals surface area contributed by atoms with Crippen LogP contribution in [0.2, 0.25) is 0 Å². The molecule has 2 N–H and O–H groups in total. The maximum Gasteiger partial charge on any atom is 0.271 e. The molecule has 22 heavy (non-hydrogen) atoms. The van der Waals surface area contributed by atoms with E-state index in [4.69, 9.17) is 4.74 Å². The quantitative estimate of drug-likeness (QED) is 0.713. The number of carbonyl (C=O) groups is 1. The lowest BCUT2D eigenvalue weighted by molar-refractivity contribution is 0.0948. The number of hydrogen-bond acceptors (Lipinski definition) is 4. The Morgan fingerprint density at radius 3 is 2.86 bits per heavy atom. The molecule has 1 aromatic heterocycles. The lowest BCUT2D eigenvalue weighted by Crippen LogP contribution is -2.33. The minimum absolute atomic E-state index is 0.250. The molecular formula is C15H19FN4O2. The van der Waals surface area contributed by atoms with Crippen LogP contribution in [0.5, 0.6) is 0 Å². The summed E-state index contributed by atoms with van der Waals surface area (Å²) in [6, 6.07) is 7.82. The van der Waals surface area contributed by atoms with Gasteiger partial charge < -0.3 is 15.4 Å². The van der Waals surface area contributed by atoms with Gasteiger partial charge in [0.1, 0.15) is 11.5 Å². The standard InChI is InChI=1S/C15H19FN4O2/c1-22-11-9-17-7-8-18-15(21)13-6-10-20(19-13)14-5-3-2-4-12(14)16/h2-6,10,17H,7-9,11H2,1H3,(H,18,21). The van der Waals surface area contributed by atoms with E-state index in [0.29, 0.717) is 25.4 Å². The molecule has 0 fully saturated rings. The summed E-state index contributed by atoms with van der Waals surface area (Å²) in [5.41, 5.74) is 0.558. The Balaban J connectivity index is 1.86. The molecule has 1 amide bonds. The van der Waals surface area contributed by atoms with E-state index in [9.17, 15) is 9.18 Å². The summed E-state index contributed by atoms with van der Waals surface area (Å²) >= 11 is 0. The monoisotopic (exact) mass is 306 g/mol. The maximum atomic E-state index is 13.7. The van der Waals surface area contributed by atoms with E-state index in [1.54, 1.807) is 37.6 Å². The van der Waals surface area contributed by atoms with Gasteiger partial charge in [-0.3, -0.25) is 4.79 Å². The van der Waals surface area contributed by atoms with E-state index >= 15 is 0 Å². The highest BCUT2D eigenvalue weighted by Crippen LogP contribution is 2.11. The van der Waals surface area contributed by atoms with Crippen molar-refractivity contribution in [3.8, 4) is 5.69 Å². The van der Waals surface area contributed by atoms with E-state index in [1.807, 2.05) is 0 Å². The van der Waals surface area contributed by atoms with E-state index in [2.05, 4.69) is 15.7 Å². The van der Waals surface area contributed by atoms with Gasteiger partial charge in [0, 0.05) is 32.9 Å². The van der Waals surface area contributed by atoms with Gasteiger partial charge in [-0.05, 0) is 18.2 Å². The van der Waals surface area contributed by atoms with Gasteiger partial charge in [0.05, 0.1) is 6.61 Å². The second-order valence-electron chi connectivity index (χ2n) is 4.60. The second-order valence-corrected chi connectivity index (χ2v) is 4.60. The van der Waals surface area contributed by atoms with Crippen molar-refractivity contribution in [1.29, 1.82) is 0 Å². The molecule has 0 saturated carbocycles. The third-order valence-electron chi connectivity index (χ3n) is 2.99. The molecule has 6 nitrogen and oxygen atoms in total. The Morgan fingerprint density at radius 2 is 2.09 bits per heavy atom. The van der Waals surface area contributed by atoms with Crippen molar-refractivity contribution in [3.63, 3.8) is 0 Å². The van der Waals surface area contributed by atoms with Crippen molar-refractivity contribution in [3.05, 3.63) is 48.0 Å². The number of benzene rings is 1. The van der Waals surface area contributed by atoms with Crippen molar-refractivity contribution >= 4 is 5.91 Å². The first-order valence-electron chi connectivity index (χ1n) is 7.01. The Morgan fingerprint density at radius 1 is 1.27 bits per heavy atom. The van der Waals surface area contributed by atoms with Gasteiger partial charge in [-0.2, -0.15) is 5.10 Å². The Bertz CT molecular complexity index is 615. The van der Waals surface area contributed by atoms with Crippen LogP contribution in [-0.2, 0) is 4.74 Å². The molecule has 0 radical (unpaired) electrons. The topological polar surface area (TPSA) is 68.2 Å². The lowest BCUT2D eigenvalue weighted by atomic mass is 10.3. The van der Waals surface area contributed by atoms with E-state index < -0.39 is 0 Å². The fourth-order valence-corrected chi connectivity index (χ4v) is 1.87. The van der Waals surface area contributed by atoms with E-state index in [-0.39, 0.29) is 17.4 Å². The zero-order valence-corrected chi connectivity index (χ0v) is 12.4. The van der Waals surface area contributed by atoms with Gasteiger partial charge in [0.15, 0.2) is 5.69 Å². The number of rotatable bonds is 8. The van der Waals surface area contributed by atoms with Gasteiger partial charge in [-0.1, -0.05) is 12.1 Å². The predicted octanol–water partition coefficient (Wildman–Crippen LogP) is 0.977. The van der Waals surface area contributed by atoms with E-state index in [0.717, 1.165) is 6.54 Å². The number of nitrogens with zero attached hydrogens (tertiary/aromatic N) is 2.